The number of aryl methyl sites for hydroxylation is 9. The molecular weight excluding hydrogens is 1440 g/mol. The van der Waals surface area contributed by atoms with Gasteiger partial charge in [-0.3, -0.25) is 0 Å². The molecule has 0 spiro atoms. The third kappa shape index (κ3) is 11.5. The monoisotopic (exact) mass is 1540 g/mol. The van der Waals surface area contributed by atoms with Crippen LogP contribution in [0.2, 0.25) is 0 Å². The second-order valence-electron chi connectivity index (χ2n) is 36.7. The lowest BCUT2D eigenvalue weighted by atomic mass is 9.85. The molecule has 0 saturated heterocycles. The third-order valence-electron chi connectivity index (χ3n) is 27.8. The number of benzene rings is 16. The summed E-state index contributed by atoms with van der Waals surface area (Å²) in [5.74, 6) is 0.514. The first-order valence-corrected chi connectivity index (χ1v) is 43.0. The fraction of sp³-hybridized carbons (Fsp3) is 0.200. The van der Waals surface area contributed by atoms with Crippen molar-refractivity contribution >= 4 is 130 Å². The van der Waals surface area contributed by atoms with E-state index in [1.165, 1.54) is 269 Å². The van der Waals surface area contributed by atoms with Crippen LogP contribution in [0.25, 0.3) is 174 Å². The van der Waals surface area contributed by atoms with Gasteiger partial charge in [-0.15, -0.1) is 0 Å². The number of nitrogens with zero attached hydrogens (tertiary/aromatic N) is 4. The Balaban J connectivity index is 0.0000000987. The molecule has 0 bridgehead atoms. The van der Waals surface area contributed by atoms with Gasteiger partial charge in [-0.05, 0) is 325 Å². The van der Waals surface area contributed by atoms with Gasteiger partial charge in [0.25, 0.3) is 0 Å². The Morgan fingerprint density at radius 3 is 1.13 bits per heavy atom. The Hall–Kier alpha value is -12.8. The van der Waals surface area contributed by atoms with Crippen LogP contribution in [0.3, 0.4) is 0 Å². The van der Waals surface area contributed by atoms with Gasteiger partial charge >= 0.3 is 0 Å². The zero-order valence-corrected chi connectivity index (χ0v) is 71.7. The minimum atomic E-state index is 0.262. The summed E-state index contributed by atoms with van der Waals surface area (Å²) >= 11 is 0. The fourth-order valence-electron chi connectivity index (χ4n) is 22.4. The average Bonchev–Trinajstić information content (AvgIpc) is 1.56. The molecule has 0 saturated carbocycles. The highest BCUT2D eigenvalue weighted by molar-refractivity contribution is 6.31. The van der Waals surface area contributed by atoms with Crippen LogP contribution in [0.1, 0.15) is 135 Å². The highest BCUT2D eigenvalue weighted by Gasteiger charge is 2.33. The lowest BCUT2D eigenvalue weighted by Crippen LogP contribution is -2.32. The van der Waals surface area contributed by atoms with E-state index in [2.05, 4.69) is 391 Å². The van der Waals surface area contributed by atoms with E-state index in [0.29, 0.717) is 5.92 Å². The van der Waals surface area contributed by atoms with Crippen LogP contribution < -0.4 is 18.3 Å². The molecular formula is C115H102N4+4. The highest BCUT2D eigenvalue weighted by atomic mass is 14.9. The zero-order valence-electron chi connectivity index (χ0n) is 71.7. The van der Waals surface area contributed by atoms with E-state index in [-0.39, 0.29) is 5.41 Å². The fourth-order valence-corrected chi connectivity index (χ4v) is 22.4. The first-order valence-electron chi connectivity index (χ1n) is 43.0. The van der Waals surface area contributed by atoms with Crippen molar-refractivity contribution in [2.75, 3.05) is 0 Å². The standard InChI is InChI=1S/C32H32N.C30H28N.C27H22N.C26H20N/c1-19-18-33(6)29(15-22(19)17-32(3,4)5)26-16-28-24-12-8-7-11-23(24)25-13-9-10-21-14-27(20(26)2)31(28)30(21)25;1-17(2)24-15-28(31(5)16-18(24)3)25-14-27-22-11-7-6-10-21(22)23-12-8-9-20-13-26(19(25)4)30(27)29(20)23;1-16-12-25-21-11-7-6-10-20(21)24-14-23-19-9-5-4-8-18(19)13-22(23)17(2)26(24)27(25)28(3)15-16;1-16-22-14-17-8-3-4-9-18(17)23(22)15-24-20-11-6-5-10-19(20)21-12-7-13-27(2)26(21)25(16)24/h7-13,15-16,18H,14,17H2,1-6H3;6-12,14-17H,13H2,1-5H3;4-12,14-15H,13H2,1-3H3;3-13,15H,14H2,1-2H3/q4*+1. The summed E-state index contributed by atoms with van der Waals surface area (Å²) < 4.78 is 9.24. The lowest BCUT2D eigenvalue weighted by Gasteiger charge is -2.20. The smallest absolute Gasteiger partial charge is 0.201 e. The quantitative estimate of drug-likeness (QED) is 0.123. The topological polar surface area (TPSA) is 15.5 Å². The van der Waals surface area contributed by atoms with Crippen molar-refractivity contribution in [3.63, 3.8) is 0 Å². The molecule has 0 unspecified atom stereocenters. The van der Waals surface area contributed by atoms with Gasteiger partial charge < -0.3 is 0 Å². The summed E-state index contributed by atoms with van der Waals surface area (Å²) in [6, 6.07) is 88.5. The van der Waals surface area contributed by atoms with Gasteiger partial charge in [0.05, 0.1) is 21.5 Å². The van der Waals surface area contributed by atoms with E-state index in [0.717, 1.165) is 32.1 Å². The minimum Gasteiger partial charge on any atom is -0.201 e. The predicted molar refractivity (Wildman–Crippen MR) is 504 cm³/mol. The average molecular weight is 1540 g/mol. The van der Waals surface area contributed by atoms with Crippen molar-refractivity contribution < 1.29 is 18.3 Å². The zero-order chi connectivity index (χ0) is 81.6. The summed E-state index contributed by atoms with van der Waals surface area (Å²) in [4.78, 5) is 0. The maximum Gasteiger partial charge on any atom is 0.221 e. The number of rotatable bonds is 4. The molecule has 0 fully saturated rings. The predicted octanol–water partition coefficient (Wildman–Crippen LogP) is 27.0. The maximum absolute atomic E-state index is 2.48. The van der Waals surface area contributed by atoms with E-state index >= 15 is 0 Å². The number of pyridine rings is 4. The molecule has 0 radical (unpaired) electrons. The lowest BCUT2D eigenvalue weighted by molar-refractivity contribution is -0.660. The van der Waals surface area contributed by atoms with E-state index < -0.39 is 0 Å². The molecule has 4 aliphatic rings. The van der Waals surface area contributed by atoms with Gasteiger partial charge in [-0.2, -0.15) is 0 Å². The van der Waals surface area contributed by atoms with Crippen LogP contribution in [0.15, 0.2) is 261 Å². The summed E-state index contributed by atoms with van der Waals surface area (Å²) in [7, 11) is 8.73. The van der Waals surface area contributed by atoms with Crippen molar-refractivity contribution in [1.82, 2.24) is 0 Å². The molecule has 24 rings (SSSR count). The third-order valence-corrected chi connectivity index (χ3v) is 27.8. The number of hydrogen-bond acceptors (Lipinski definition) is 0. The number of aromatic nitrogens is 4. The summed E-state index contributed by atoms with van der Waals surface area (Å²) in [5.41, 5.74) is 38.4. The minimum absolute atomic E-state index is 0.262. The normalized spacial score (nSPS) is 12.8. The van der Waals surface area contributed by atoms with Gasteiger partial charge in [0.1, 0.15) is 28.2 Å². The first-order chi connectivity index (χ1) is 57.5. The molecule has 119 heavy (non-hydrogen) atoms. The van der Waals surface area contributed by atoms with Crippen molar-refractivity contribution in [2.45, 2.75) is 121 Å². The molecule has 0 amide bonds. The van der Waals surface area contributed by atoms with Crippen molar-refractivity contribution in [2.24, 2.45) is 33.6 Å². The Labute approximate surface area is 698 Å². The van der Waals surface area contributed by atoms with Crippen LogP contribution in [0.5, 0.6) is 0 Å². The molecule has 0 N–H and O–H groups in total. The second kappa shape index (κ2) is 27.7. The molecule has 4 aromatic heterocycles. The number of hydrogen-bond donors (Lipinski definition) is 0. The molecule has 4 nitrogen and oxygen atoms in total. The van der Waals surface area contributed by atoms with Gasteiger partial charge in [-0.25, -0.2) is 18.3 Å². The van der Waals surface area contributed by atoms with Crippen LogP contribution in [0.4, 0.5) is 0 Å². The van der Waals surface area contributed by atoms with E-state index in [4.69, 9.17) is 0 Å². The second-order valence-corrected chi connectivity index (χ2v) is 36.7. The Kier molecular flexibility index (Phi) is 17.2. The maximum atomic E-state index is 2.48. The summed E-state index contributed by atoms with van der Waals surface area (Å²) in [6.07, 6.45) is 14.3. The SMILES string of the molecule is Cc1c2c(cc3c4ccccc4c4ccc[n+](C)c4c13)-c1ccccc1C2.Cc1c[n+](C)c(-c2cc3c4ccccc4c4cccc5c4c3c(c2C)C5)cc1C(C)C.Cc1c[n+](C)c(-c2cc3c4ccccc4c4cccc5c4c3c(c2C)C5)cc1CC(C)(C)C.Cc1cc2c3ccccc3c3cc4c(c(C)c3c2[n+](C)c1)Cc1ccccc1-4. The Morgan fingerprint density at radius 1 is 0.286 bits per heavy atom. The Bertz CT molecular complexity index is 7890. The van der Waals surface area contributed by atoms with Gasteiger partial charge in [0.15, 0.2) is 24.8 Å². The molecule has 578 valence electrons. The molecule has 4 aliphatic carbocycles. The van der Waals surface area contributed by atoms with Gasteiger partial charge in [0, 0.05) is 46.0 Å². The largest absolute Gasteiger partial charge is 0.221 e. The molecule has 4 heteroatoms. The summed E-state index contributed by atoms with van der Waals surface area (Å²) in [5, 5.41) is 30.6. The first kappa shape index (κ1) is 73.8. The summed E-state index contributed by atoms with van der Waals surface area (Å²) in [6.45, 7) is 27.5. The van der Waals surface area contributed by atoms with Crippen molar-refractivity contribution in [3.05, 3.63) is 356 Å². The van der Waals surface area contributed by atoms with Gasteiger partial charge in [-0.1, -0.05) is 217 Å². The van der Waals surface area contributed by atoms with Crippen molar-refractivity contribution in [3.8, 4) is 44.8 Å². The van der Waals surface area contributed by atoms with Crippen LogP contribution in [-0.2, 0) is 60.3 Å². The van der Waals surface area contributed by atoms with Crippen LogP contribution in [-0.4, -0.2) is 0 Å². The van der Waals surface area contributed by atoms with Crippen LogP contribution in [0, 0.1) is 53.9 Å². The van der Waals surface area contributed by atoms with E-state index in [9.17, 15) is 0 Å². The molecule has 0 aliphatic heterocycles. The number of fused-ring (bicyclic) bond motifs is 24. The molecule has 20 aromatic rings. The highest BCUT2D eigenvalue weighted by Crippen LogP contribution is 2.52. The molecule has 4 heterocycles. The molecule has 0 atom stereocenters. The molecule has 16 aromatic carbocycles. The van der Waals surface area contributed by atoms with E-state index in [1.54, 1.807) is 0 Å². The van der Waals surface area contributed by atoms with Crippen LogP contribution >= 0.6 is 0 Å². The van der Waals surface area contributed by atoms with E-state index in [1.807, 2.05) is 0 Å². The van der Waals surface area contributed by atoms with Crippen molar-refractivity contribution in [1.29, 1.82) is 0 Å². The Morgan fingerprint density at radius 2 is 0.655 bits per heavy atom. The van der Waals surface area contributed by atoms with Gasteiger partial charge in [0.2, 0.25) is 22.4 Å².